The van der Waals surface area contributed by atoms with Crippen molar-refractivity contribution in [3.05, 3.63) is 12.7 Å². The van der Waals surface area contributed by atoms with E-state index in [1.807, 2.05) is 6.08 Å². The highest BCUT2D eigenvalue weighted by molar-refractivity contribution is 4.72. The summed E-state index contributed by atoms with van der Waals surface area (Å²) in [5, 5.41) is 3.15. The third kappa shape index (κ3) is 7.56. The van der Waals surface area contributed by atoms with E-state index in [1.165, 1.54) is 19.3 Å². The summed E-state index contributed by atoms with van der Waals surface area (Å²) in [6.07, 6.45) is 6.82. The molecule has 0 fully saturated rings. The molecule has 0 heterocycles. The lowest BCUT2D eigenvalue weighted by Crippen LogP contribution is -2.37. The molecule has 0 spiro atoms. The van der Waals surface area contributed by atoms with Crippen LogP contribution >= 0.6 is 0 Å². The van der Waals surface area contributed by atoms with E-state index >= 15 is 0 Å². The first-order chi connectivity index (χ1) is 5.31. The van der Waals surface area contributed by atoms with E-state index in [0.29, 0.717) is 0 Å². The van der Waals surface area contributed by atoms with E-state index < -0.39 is 0 Å². The highest BCUT2D eigenvalue weighted by Crippen LogP contribution is 1.99. The average Bonchev–Trinajstić information content (AvgIpc) is 2.01. The zero-order valence-corrected chi connectivity index (χ0v) is 7.47. The third-order valence-electron chi connectivity index (χ3n) is 1.64. The van der Waals surface area contributed by atoms with Crippen molar-refractivity contribution in [2.75, 3.05) is 6.54 Å². The molecule has 3 N–H and O–H groups in total. The zero-order valence-electron chi connectivity index (χ0n) is 7.47. The number of nitrogens with two attached hydrogens (primary N) is 1. The Bertz CT molecular complexity index is 91.6. The second-order valence-corrected chi connectivity index (χ2v) is 2.80. The molecule has 0 saturated carbocycles. The molecular weight excluding hydrogens is 136 g/mol. The Morgan fingerprint density at radius 3 is 2.82 bits per heavy atom. The SMILES string of the molecule is C=CCNC(N)CCCCC. The van der Waals surface area contributed by atoms with Crippen LogP contribution in [0.5, 0.6) is 0 Å². The summed E-state index contributed by atoms with van der Waals surface area (Å²) < 4.78 is 0. The monoisotopic (exact) mass is 156 g/mol. The molecule has 0 aliphatic rings. The van der Waals surface area contributed by atoms with Crippen molar-refractivity contribution in [2.24, 2.45) is 5.73 Å². The van der Waals surface area contributed by atoms with E-state index in [-0.39, 0.29) is 6.17 Å². The molecule has 0 aliphatic heterocycles. The standard InChI is InChI=1S/C9H20N2/c1-3-5-6-7-9(10)11-8-4-2/h4,9,11H,2-3,5-8,10H2,1H3. The lowest BCUT2D eigenvalue weighted by atomic mass is 10.2. The van der Waals surface area contributed by atoms with Crippen LogP contribution in [0.1, 0.15) is 32.6 Å². The van der Waals surface area contributed by atoms with Gasteiger partial charge in [-0.15, -0.1) is 6.58 Å². The predicted molar refractivity (Wildman–Crippen MR) is 50.3 cm³/mol. The summed E-state index contributed by atoms with van der Waals surface area (Å²) in [5.41, 5.74) is 5.74. The molecule has 0 rings (SSSR count). The fourth-order valence-corrected chi connectivity index (χ4v) is 0.951. The van der Waals surface area contributed by atoms with E-state index in [0.717, 1.165) is 13.0 Å². The summed E-state index contributed by atoms with van der Waals surface area (Å²) >= 11 is 0. The Morgan fingerprint density at radius 1 is 1.55 bits per heavy atom. The minimum atomic E-state index is 0.152. The highest BCUT2D eigenvalue weighted by atomic mass is 15.0. The van der Waals surface area contributed by atoms with Gasteiger partial charge in [-0.1, -0.05) is 32.3 Å². The normalized spacial score (nSPS) is 12.9. The topological polar surface area (TPSA) is 38.0 Å². The first-order valence-electron chi connectivity index (χ1n) is 4.41. The molecule has 66 valence electrons. The highest BCUT2D eigenvalue weighted by Gasteiger charge is 1.97. The van der Waals surface area contributed by atoms with E-state index in [9.17, 15) is 0 Å². The fourth-order valence-electron chi connectivity index (χ4n) is 0.951. The number of unbranched alkanes of at least 4 members (excludes halogenated alkanes) is 2. The van der Waals surface area contributed by atoms with Gasteiger partial charge in [0.25, 0.3) is 0 Å². The van der Waals surface area contributed by atoms with Gasteiger partial charge in [0, 0.05) is 6.54 Å². The van der Waals surface area contributed by atoms with Crippen molar-refractivity contribution in [3.8, 4) is 0 Å². The van der Waals surface area contributed by atoms with Crippen LogP contribution in [0.15, 0.2) is 12.7 Å². The van der Waals surface area contributed by atoms with E-state index in [1.54, 1.807) is 0 Å². The van der Waals surface area contributed by atoms with Crippen molar-refractivity contribution in [1.82, 2.24) is 5.32 Å². The lowest BCUT2D eigenvalue weighted by molar-refractivity contribution is 0.491. The molecule has 2 heteroatoms. The number of hydrogen-bond acceptors (Lipinski definition) is 2. The van der Waals surface area contributed by atoms with Crippen molar-refractivity contribution in [1.29, 1.82) is 0 Å². The molecule has 0 bridgehead atoms. The summed E-state index contributed by atoms with van der Waals surface area (Å²) in [6, 6.07) is 0. The zero-order chi connectivity index (χ0) is 8.53. The van der Waals surface area contributed by atoms with E-state index in [2.05, 4.69) is 18.8 Å². The van der Waals surface area contributed by atoms with Crippen LogP contribution in [-0.4, -0.2) is 12.7 Å². The van der Waals surface area contributed by atoms with Crippen LogP contribution in [0.25, 0.3) is 0 Å². The molecule has 0 aromatic rings. The predicted octanol–water partition coefficient (Wildman–Crippen LogP) is 1.63. The largest absolute Gasteiger partial charge is 0.316 e. The summed E-state index contributed by atoms with van der Waals surface area (Å²) in [4.78, 5) is 0. The first-order valence-corrected chi connectivity index (χ1v) is 4.41. The summed E-state index contributed by atoms with van der Waals surface area (Å²) in [6.45, 7) is 6.62. The minimum Gasteiger partial charge on any atom is -0.316 e. The molecular formula is C9H20N2. The second-order valence-electron chi connectivity index (χ2n) is 2.80. The lowest BCUT2D eigenvalue weighted by Gasteiger charge is -2.11. The third-order valence-corrected chi connectivity index (χ3v) is 1.64. The molecule has 0 radical (unpaired) electrons. The van der Waals surface area contributed by atoms with Gasteiger partial charge in [0.1, 0.15) is 0 Å². The smallest absolute Gasteiger partial charge is 0.0548 e. The molecule has 0 aromatic heterocycles. The maximum atomic E-state index is 5.74. The van der Waals surface area contributed by atoms with Crippen molar-refractivity contribution in [3.63, 3.8) is 0 Å². The first kappa shape index (κ1) is 10.7. The second kappa shape index (κ2) is 7.76. The van der Waals surface area contributed by atoms with Gasteiger partial charge in [0.05, 0.1) is 6.17 Å². The van der Waals surface area contributed by atoms with Crippen LogP contribution in [0.3, 0.4) is 0 Å². The van der Waals surface area contributed by atoms with Gasteiger partial charge in [-0.05, 0) is 6.42 Å². The van der Waals surface area contributed by atoms with Gasteiger partial charge < -0.3 is 5.73 Å². The molecule has 11 heavy (non-hydrogen) atoms. The van der Waals surface area contributed by atoms with Gasteiger partial charge in [0.15, 0.2) is 0 Å². The van der Waals surface area contributed by atoms with Crippen molar-refractivity contribution < 1.29 is 0 Å². The Hall–Kier alpha value is -0.340. The van der Waals surface area contributed by atoms with Crippen LogP contribution < -0.4 is 11.1 Å². The molecule has 0 aliphatic carbocycles. The summed E-state index contributed by atoms with van der Waals surface area (Å²) in [7, 11) is 0. The van der Waals surface area contributed by atoms with Crippen LogP contribution in [0, 0.1) is 0 Å². The molecule has 0 aromatic carbocycles. The summed E-state index contributed by atoms with van der Waals surface area (Å²) in [5.74, 6) is 0. The molecule has 0 saturated heterocycles. The van der Waals surface area contributed by atoms with Gasteiger partial charge >= 0.3 is 0 Å². The van der Waals surface area contributed by atoms with Crippen LogP contribution in [0.4, 0.5) is 0 Å². The molecule has 0 amide bonds. The fraction of sp³-hybridized carbons (Fsp3) is 0.778. The Labute approximate surface area is 69.9 Å². The quantitative estimate of drug-likeness (QED) is 0.334. The maximum absolute atomic E-state index is 5.74. The number of hydrogen-bond donors (Lipinski definition) is 2. The Morgan fingerprint density at radius 2 is 2.27 bits per heavy atom. The van der Waals surface area contributed by atoms with Gasteiger partial charge in [-0.2, -0.15) is 0 Å². The minimum absolute atomic E-state index is 0.152. The van der Waals surface area contributed by atoms with Crippen molar-refractivity contribution >= 4 is 0 Å². The average molecular weight is 156 g/mol. The van der Waals surface area contributed by atoms with Gasteiger partial charge in [0.2, 0.25) is 0 Å². The van der Waals surface area contributed by atoms with Crippen LogP contribution in [-0.2, 0) is 0 Å². The maximum Gasteiger partial charge on any atom is 0.0548 e. The van der Waals surface area contributed by atoms with Gasteiger partial charge in [-0.25, -0.2) is 0 Å². The van der Waals surface area contributed by atoms with Gasteiger partial charge in [-0.3, -0.25) is 5.32 Å². The molecule has 2 nitrogen and oxygen atoms in total. The molecule has 1 atom stereocenters. The number of nitrogens with one attached hydrogen (secondary N) is 1. The Kier molecular flexibility index (Phi) is 7.52. The number of rotatable bonds is 7. The van der Waals surface area contributed by atoms with Crippen molar-refractivity contribution in [2.45, 2.75) is 38.8 Å². The molecule has 1 unspecified atom stereocenters. The Balaban J connectivity index is 3.08. The van der Waals surface area contributed by atoms with Crippen LogP contribution in [0.2, 0.25) is 0 Å². The van der Waals surface area contributed by atoms with E-state index in [4.69, 9.17) is 5.73 Å².